The molecule has 168 valence electrons. The molecule has 10 heteroatoms. The minimum absolute atomic E-state index is 0. The van der Waals surface area contributed by atoms with E-state index in [0.717, 1.165) is 28.7 Å². The van der Waals surface area contributed by atoms with Crippen molar-refractivity contribution in [3.05, 3.63) is 57.7 Å². The number of hydrogen-bond donors (Lipinski definition) is 3. The molecule has 0 bridgehead atoms. The maximum Gasteiger partial charge on any atom is 0.341 e. The number of aromatic nitrogens is 1. The Labute approximate surface area is 189 Å². The zero-order valence-electron chi connectivity index (χ0n) is 17.0. The summed E-state index contributed by atoms with van der Waals surface area (Å²) < 4.78 is 13.2. The highest BCUT2D eigenvalue weighted by Crippen LogP contribution is 2.22. The standard InChI is InChI=1S/C21H24N2O6S.ClH/c1-23-18-7-6-17(10-19(18)30-21(23)27)28-12-15(24)11-22-9-8-14-2-4-16(5-3-14)29-13-20(25)26;/h2-7,10,15,22,24H,8-9,11-13H2,1H3,(H,25,26);1H. The molecule has 0 aliphatic heterocycles. The van der Waals surface area contributed by atoms with Crippen LogP contribution in [0.25, 0.3) is 10.2 Å². The van der Waals surface area contributed by atoms with Crippen LogP contribution in [0.15, 0.2) is 47.3 Å². The molecule has 0 radical (unpaired) electrons. The monoisotopic (exact) mass is 468 g/mol. The molecule has 3 aromatic rings. The topological polar surface area (TPSA) is 115 Å². The third-order valence-electron chi connectivity index (χ3n) is 4.57. The molecule has 8 nitrogen and oxygen atoms in total. The second kappa shape index (κ2) is 11.7. The lowest BCUT2D eigenvalue weighted by Crippen LogP contribution is -3.00. The minimum atomic E-state index is -1.01. The van der Waals surface area contributed by atoms with Crippen molar-refractivity contribution in [2.45, 2.75) is 12.5 Å². The van der Waals surface area contributed by atoms with Gasteiger partial charge in [-0.3, -0.25) is 4.79 Å². The van der Waals surface area contributed by atoms with E-state index in [1.54, 1.807) is 29.8 Å². The first-order valence-corrected chi connectivity index (χ1v) is 10.4. The fourth-order valence-corrected chi connectivity index (χ4v) is 3.85. The Bertz CT molecular complexity index is 1050. The molecular weight excluding hydrogens is 444 g/mol. The Morgan fingerprint density at radius 3 is 2.58 bits per heavy atom. The number of halogens is 1. The van der Waals surface area contributed by atoms with Gasteiger partial charge in [0.1, 0.15) is 30.8 Å². The first-order valence-electron chi connectivity index (χ1n) is 9.58. The van der Waals surface area contributed by atoms with Crippen LogP contribution in [-0.2, 0) is 18.3 Å². The number of carbonyl (C=O) groups is 1. The number of aryl methyl sites for hydroxylation is 1. The molecule has 0 saturated carbocycles. The van der Waals surface area contributed by atoms with Crippen LogP contribution >= 0.6 is 11.3 Å². The Morgan fingerprint density at radius 2 is 1.87 bits per heavy atom. The predicted octanol–water partition coefficient (Wildman–Crippen LogP) is -2.39. The van der Waals surface area contributed by atoms with Crippen molar-refractivity contribution in [2.75, 3.05) is 26.3 Å². The van der Waals surface area contributed by atoms with E-state index in [0.29, 0.717) is 18.0 Å². The Balaban J connectivity index is 0.00000341. The van der Waals surface area contributed by atoms with E-state index in [-0.39, 0.29) is 30.5 Å². The summed E-state index contributed by atoms with van der Waals surface area (Å²) in [5.41, 5.74) is 1.97. The highest BCUT2D eigenvalue weighted by molar-refractivity contribution is 7.16. The van der Waals surface area contributed by atoms with E-state index < -0.39 is 12.1 Å². The van der Waals surface area contributed by atoms with Gasteiger partial charge in [0, 0.05) is 13.5 Å². The van der Waals surface area contributed by atoms with Crippen molar-refractivity contribution < 1.29 is 42.2 Å². The number of aliphatic hydroxyl groups is 1. The number of benzene rings is 2. The summed E-state index contributed by atoms with van der Waals surface area (Å²) in [6, 6.07) is 12.8. The summed E-state index contributed by atoms with van der Waals surface area (Å²) in [5.74, 6) is 0.154. The molecule has 0 aliphatic rings. The summed E-state index contributed by atoms with van der Waals surface area (Å²) in [7, 11) is 1.74. The lowest BCUT2D eigenvalue weighted by atomic mass is 10.1. The van der Waals surface area contributed by atoms with Gasteiger partial charge in [-0.05, 0) is 35.9 Å². The van der Waals surface area contributed by atoms with Gasteiger partial charge in [-0.2, -0.15) is 0 Å². The Hall–Kier alpha value is -2.59. The zero-order chi connectivity index (χ0) is 21.5. The third kappa shape index (κ3) is 7.25. The summed E-state index contributed by atoms with van der Waals surface area (Å²) in [5, 5.41) is 20.8. The number of aliphatic hydroxyl groups excluding tert-OH is 1. The number of ether oxygens (including phenoxy) is 2. The van der Waals surface area contributed by atoms with Gasteiger partial charge in [0.2, 0.25) is 0 Å². The van der Waals surface area contributed by atoms with Crippen LogP contribution in [0.2, 0.25) is 0 Å². The van der Waals surface area contributed by atoms with Crippen molar-refractivity contribution in [1.29, 1.82) is 0 Å². The first kappa shape index (κ1) is 24.7. The van der Waals surface area contributed by atoms with E-state index in [1.165, 1.54) is 11.3 Å². The maximum atomic E-state index is 11.7. The van der Waals surface area contributed by atoms with Crippen LogP contribution in [0.5, 0.6) is 11.5 Å². The molecule has 1 unspecified atom stereocenters. The van der Waals surface area contributed by atoms with Gasteiger partial charge in [-0.1, -0.05) is 23.5 Å². The van der Waals surface area contributed by atoms with Crippen LogP contribution in [0, 0.1) is 0 Å². The number of quaternary nitrogens is 1. The molecule has 31 heavy (non-hydrogen) atoms. The molecule has 1 heterocycles. The zero-order valence-corrected chi connectivity index (χ0v) is 18.6. The summed E-state index contributed by atoms with van der Waals surface area (Å²) in [6.45, 7) is 1.14. The number of hydrogen-bond acceptors (Lipinski definition) is 6. The highest BCUT2D eigenvalue weighted by atomic mass is 35.5. The molecule has 1 aromatic heterocycles. The lowest BCUT2D eigenvalue weighted by molar-refractivity contribution is -0.660. The number of aliphatic carboxylic acids is 1. The Morgan fingerprint density at radius 1 is 1.16 bits per heavy atom. The number of rotatable bonds is 11. The van der Waals surface area contributed by atoms with Gasteiger partial charge in [0.05, 0.1) is 16.8 Å². The predicted molar refractivity (Wildman–Crippen MR) is 114 cm³/mol. The van der Waals surface area contributed by atoms with E-state index in [1.807, 2.05) is 29.6 Å². The van der Waals surface area contributed by atoms with Crippen LogP contribution in [0.1, 0.15) is 5.56 Å². The van der Waals surface area contributed by atoms with Gasteiger partial charge in [-0.15, -0.1) is 0 Å². The van der Waals surface area contributed by atoms with Gasteiger partial charge in [0.15, 0.2) is 6.61 Å². The van der Waals surface area contributed by atoms with Crippen LogP contribution in [-0.4, -0.2) is 53.2 Å². The van der Waals surface area contributed by atoms with E-state index in [4.69, 9.17) is 14.6 Å². The quantitative estimate of drug-likeness (QED) is 0.271. The average molecular weight is 469 g/mol. The van der Waals surface area contributed by atoms with Gasteiger partial charge in [-0.25, -0.2) is 4.79 Å². The summed E-state index contributed by atoms with van der Waals surface area (Å²) >= 11 is 1.17. The van der Waals surface area contributed by atoms with Gasteiger partial charge >= 0.3 is 10.8 Å². The normalized spacial score (nSPS) is 11.7. The molecule has 0 aliphatic carbocycles. The highest BCUT2D eigenvalue weighted by Gasteiger charge is 2.10. The lowest BCUT2D eigenvalue weighted by Gasteiger charge is -2.12. The maximum absolute atomic E-state index is 11.7. The van der Waals surface area contributed by atoms with Crippen molar-refractivity contribution in [1.82, 2.24) is 4.57 Å². The number of carboxylic acids is 1. The molecular formula is C21H25ClN2O6S. The number of nitrogens with zero attached hydrogens (tertiary/aromatic N) is 1. The van der Waals surface area contributed by atoms with Crippen molar-refractivity contribution >= 4 is 27.5 Å². The Kier molecular flexibility index (Phi) is 9.32. The van der Waals surface area contributed by atoms with Crippen molar-refractivity contribution in [2.24, 2.45) is 7.05 Å². The molecule has 1 atom stereocenters. The molecule has 2 aromatic carbocycles. The fourth-order valence-electron chi connectivity index (χ4n) is 2.94. The summed E-state index contributed by atoms with van der Waals surface area (Å²) in [6.07, 6.45) is 0.207. The third-order valence-corrected chi connectivity index (χ3v) is 5.56. The van der Waals surface area contributed by atoms with Crippen LogP contribution in [0.3, 0.4) is 0 Å². The number of fused-ring (bicyclic) bond motifs is 1. The molecule has 0 amide bonds. The van der Waals surface area contributed by atoms with Gasteiger partial charge < -0.3 is 42.0 Å². The number of carboxylic acid groups (broad SMARTS) is 1. The first-order chi connectivity index (χ1) is 14.4. The molecule has 0 fully saturated rings. The van der Waals surface area contributed by atoms with E-state index in [2.05, 4.69) is 0 Å². The molecule has 3 rings (SSSR count). The van der Waals surface area contributed by atoms with E-state index >= 15 is 0 Å². The van der Waals surface area contributed by atoms with Crippen molar-refractivity contribution in [3.8, 4) is 11.5 Å². The van der Waals surface area contributed by atoms with Crippen LogP contribution in [0.4, 0.5) is 0 Å². The minimum Gasteiger partial charge on any atom is -1.00 e. The summed E-state index contributed by atoms with van der Waals surface area (Å²) in [4.78, 5) is 22.2. The largest absolute Gasteiger partial charge is 1.00 e. The molecule has 4 N–H and O–H groups in total. The molecule has 0 spiro atoms. The number of thiazole rings is 1. The number of nitrogens with two attached hydrogens (primary N) is 1. The van der Waals surface area contributed by atoms with Gasteiger partial charge in [0.25, 0.3) is 0 Å². The van der Waals surface area contributed by atoms with Crippen LogP contribution < -0.4 is 32.1 Å². The fraction of sp³-hybridized carbons (Fsp3) is 0.333. The van der Waals surface area contributed by atoms with E-state index in [9.17, 15) is 14.7 Å². The second-order valence-electron chi connectivity index (χ2n) is 6.91. The smallest absolute Gasteiger partial charge is 0.341 e. The SMILES string of the molecule is Cn1c(=O)sc2cc(OCC(O)C[NH2+]CCc3ccc(OCC(=O)O)cc3)ccc21.[Cl-]. The van der Waals surface area contributed by atoms with Crippen molar-refractivity contribution in [3.63, 3.8) is 0 Å². The average Bonchev–Trinajstić information content (AvgIpc) is 3.02. The second-order valence-corrected chi connectivity index (χ2v) is 7.90. The molecule has 0 saturated heterocycles.